The van der Waals surface area contributed by atoms with Gasteiger partial charge >= 0.3 is 0 Å². The first kappa shape index (κ1) is 11.9. The van der Waals surface area contributed by atoms with Gasteiger partial charge in [-0.05, 0) is 48.1 Å². The molecule has 1 aliphatic carbocycles. The van der Waals surface area contributed by atoms with Crippen molar-refractivity contribution in [1.29, 1.82) is 5.26 Å². The van der Waals surface area contributed by atoms with E-state index >= 15 is 0 Å². The van der Waals surface area contributed by atoms with Gasteiger partial charge in [0.1, 0.15) is 5.82 Å². The molecule has 0 saturated heterocycles. The van der Waals surface area contributed by atoms with Gasteiger partial charge in [-0.25, -0.2) is 4.39 Å². The number of aryl methyl sites for hydroxylation is 1. The summed E-state index contributed by atoms with van der Waals surface area (Å²) < 4.78 is 13.3. The van der Waals surface area contributed by atoms with E-state index in [0.717, 1.165) is 24.0 Å². The van der Waals surface area contributed by atoms with E-state index in [9.17, 15) is 9.65 Å². The summed E-state index contributed by atoms with van der Waals surface area (Å²) in [7, 11) is 0. The summed E-state index contributed by atoms with van der Waals surface area (Å²) in [4.78, 5) is 0. The molecule has 0 heterocycles. The van der Waals surface area contributed by atoms with Gasteiger partial charge in [-0.15, -0.1) is 0 Å². The Hall–Kier alpha value is -2.14. The summed E-state index contributed by atoms with van der Waals surface area (Å²) in [6, 6.07) is 17.1. The zero-order chi connectivity index (χ0) is 13.3. The SMILES string of the molecule is N#CC1(Cc2cccc(F)c2)CCc2ccccc21. The molecule has 0 aromatic heterocycles. The van der Waals surface area contributed by atoms with E-state index in [0.29, 0.717) is 6.42 Å². The molecule has 0 amide bonds. The maximum absolute atomic E-state index is 13.3. The Labute approximate surface area is 112 Å². The van der Waals surface area contributed by atoms with E-state index in [1.807, 2.05) is 24.3 Å². The lowest BCUT2D eigenvalue weighted by molar-refractivity contribution is 0.537. The molecule has 1 unspecified atom stereocenters. The van der Waals surface area contributed by atoms with Crippen LogP contribution in [0.3, 0.4) is 0 Å². The van der Waals surface area contributed by atoms with Crippen molar-refractivity contribution in [2.45, 2.75) is 24.7 Å². The Morgan fingerprint density at radius 1 is 1.16 bits per heavy atom. The number of hydrogen-bond acceptors (Lipinski definition) is 1. The minimum absolute atomic E-state index is 0.239. The topological polar surface area (TPSA) is 23.8 Å². The quantitative estimate of drug-likeness (QED) is 0.797. The molecule has 1 aliphatic rings. The molecule has 2 heteroatoms. The van der Waals surface area contributed by atoms with E-state index in [2.05, 4.69) is 12.1 Å². The Morgan fingerprint density at radius 3 is 2.79 bits per heavy atom. The van der Waals surface area contributed by atoms with Crippen LogP contribution in [0.4, 0.5) is 4.39 Å². The zero-order valence-corrected chi connectivity index (χ0v) is 10.6. The molecule has 19 heavy (non-hydrogen) atoms. The normalized spacial score (nSPS) is 20.8. The largest absolute Gasteiger partial charge is 0.207 e. The Kier molecular flexibility index (Phi) is 2.83. The van der Waals surface area contributed by atoms with Crippen LogP contribution in [0.5, 0.6) is 0 Å². The van der Waals surface area contributed by atoms with Crippen molar-refractivity contribution in [3.63, 3.8) is 0 Å². The third kappa shape index (κ3) is 2.02. The molecule has 0 bridgehead atoms. The molecular weight excluding hydrogens is 237 g/mol. The number of rotatable bonds is 2. The summed E-state index contributed by atoms with van der Waals surface area (Å²) in [6.07, 6.45) is 2.33. The lowest BCUT2D eigenvalue weighted by atomic mass is 9.78. The minimum Gasteiger partial charge on any atom is -0.207 e. The Balaban J connectivity index is 2.01. The maximum atomic E-state index is 13.3. The number of nitriles is 1. The van der Waals surface area contributed by atoms with Crippen molar-refractivity contribution in [2.24, 2.45) is 0 Å². The minimum atomic E-state index is -0.496. The first-order valence-electron chi connectivity index (χ1n) is 6.48. The second kappa shape index (κ2) is 4.51. The van der Waals surface area contributed by atoms with Crippen molar-refractivity contribution >= 4 is 0 Å². The van der Waals surface area contributed by atoms with Gasteiger partial charge in [0, 0.05) is 0 Å². The summed E-state index contributed by atoms with van der Waals surface area (Å²) in [5, 5.41) is 9.65. The van der Waals surface area contributed by atoms with Gasteiger partial charge in [0.2, 0.25) is 0 Å². The van der Waals surface area contributed by atoms with E-state index < -0.39 is 5.41 Å². The average Bonchev–Trinajstić information content (AvgIpc) is 2.79. The highest BCUT2D eigenvalue weighted by Crippen LogP contribution is 2.40. The summed E-state index contributed by atoms with van der Waals surface area (Å²) in [6.45, 7) is 0. The van der Waals surface area contributed by atoms with Crippen LogP contribution in [-0.2, 0) is 18.3 Å². The number of halogens is 1. The third-order valence-electron chi connectivity index (χ3n) is 3.96. The molecule has 3 rings (SSSR count). The van der Waals surface area contributed by atoms with Crippen molar-refractivity contribution in [1.82, 2.24) is 0 Å². The van der Waals surface area contributed by atoms with Crippen molar-refractivity contribution in [3.05, 3.63) is 71.0 Å². The smallest absolute Gasteiger partial charge is 0.123 e. The van der Waals surface area contributed by atoms with Crippen LogP contribution >= 0.6 is 0 Å². The number of hydrogen-bond donors (Lipinski definition) is 0. The van der Waals surface area contributed by atoms with Crippen LogP contribution in [0.25, 0.3) is 0 Å². The van der Waals surface area contributed by atoms with Gasteiger partial charge in [0.15, 0.2) is 0 Å². The molecule has 0 spiro atoms. The van der Waals surface area contributed by atoms with Gasteiger partial charge in [-0.1, -0.05) is 36.4 Å². The average molecular weight is 251 g/mol. The Bertz CT molecular complexity index is 656. The van der Waals surface area contributed by atoms with Crippen molar-refractivity contribution in [3.8, 4) is 6.07 Å². The van der Waals surface area contributed by atoms with Gasteiger partial charge in [0.05, 0.1) is 11.5 Å². The predicted octanol–water partition coefficient (Wildman–Crippen LogP) is 3.78. The molecule has 2 aromatic rings. The van der Waals surface area contributed by atoms with Gasteiger partial charge in [0.25, 0.3) is 0 Å². The van der Waals surface area contributed by atoms with E-state index in [1.54, 1.807) is 6.07 Å². The fraction of sp³-hybridized carbons (Fsp3) is 0.235. The first-order chi connectivity index (χ1) is 9.23. The van der Waals surface area contributed by atoms with Gasteiger partial charge in [-0.2, -0.15) is 5.26 Å². The fourth-order valence-corrected chi connectivity index (χ4v) is 3.02. The van der Waals surface area contributed by atoms with Crippen LogP contribution in [0.15, 0.2) is 48.5 Å². The van der Waals surface area contributed by atoms with Gasteiger partial charge < -0.3 is 0 Å². The second-order valence-electron chi connectivity index (χ2n) is 5.16. The maximum Gasteiger partial charge on any atom is 0.123 e. The molecule has 2 aromatic carbocycles. The third-order valence-corrected chi connectivity index (χ3v) is 3.96. The highest BCUT2D eigenvalue weighted by Gasteiger charge is 2.38. The van der Waals surface area contributed by atoms with Crippen LogP contribution < -0.4 is 0 Å². The molecule has 0 N–H and O–H groups in total. The monoisotopic (exact) mass is 251 g/mol. The summed E-state index contributed by atoms with van der Waals surface area (Å²) in [5.74, 6) is -0.239. The van der Waals surface area contributed by atoms with E-state index in [-0.39, 0.29) is 5.82 Å². The molecule has 1 nitrogen and oxygen atoms in total. The van der Waals surface area contributed by atoms with Crippen molar-refractivity contribution < 1.29 is 4.39 Å². The predicted molar refractivity (Wildman–Crippen MR) is 72.2 cm³/mol. The highest BCUT2D eigenvalue weighted by atomic mass is 19.1. The molecule has 0 saturated carbocycles. The molecule has 0 aliphatic heterocycles. The number of nitrogens with zero attached hydrogens (tertiary/aromatic N) is 1. The molecular formula is C17H14FN. The van der Waals surface area contributed by atoms with E-state index in [4.69, 9.17) is 0 Å². The molecule has 0 radical (unpaired) electrons. The standard InChI is InChI=1S/C17H14FN/c18-15-6-3-4-13(10-15)11-17(12-19)9-8-14-5-1-2-7-16(14)17/h1-7,10H,8-9,11H2. The fourth-order valence-electron chi connectivity index (χ4n) is 3.02. The highest BCUT2D eigenvalue weighted by molar-refractivity contribution is 5.45. The van der Waals surface area contributed by atoms with Crippen LogP contribution in [0.1, 0.15) is 23.1 Å². The summed E-state index contributed by atoms with van der Waals surface area (Å²) in [5.41, 5.74) is 2.75. The molecule has 94 valence electrons. The lowest BCUT2D eigenvalue weighted by Gasteiger charge is -2.22. The van der Waals surface area contributed by atoms with Crippen LogP contribution in [0, 0.1) is 17.1 Å². The lowest BCUT2D eigenvalue weighted by Crippen LogP contribution is -2.23. The number of fused-ring (bicyclic) bond motifs is 1. The Morgan fingerprint density at radius 2 is 2.00 bits per heavy atom. The van der Waals surface area contributed by atoms with Crippen LogP contribution in [-0.4, -0.2) is 0 Å². The molecule has 0 fully saturated rings. The van der Waals surface area contributed by atoms with Gasteiger partial charge in [-0.3, -0.25) is 0 Å². The van der Waals surface area contributed by atoms with Crippen LogP contribution in [0.2, 0.25) is 0 Å². The number of benzene rings is 2. The van der Waals surface area contributed by atoms with E-state index in [1.165, 1.54) is 17.7 Å². The first-order valence-corrected chi connectivity index (χ1v) is 6.48. The summed E-state index contributed by atoms with van der Waals surface area (Å²) >= 11 is 0. The second-order valence-corrected chi connectivity index (χ2v) is 5.16. The molecule has 1 atom stereocenters. The van der Waals surface area contributed by atoms with Crippen molar-refractivity contribution in [2.75, 3.05) is 0 Å². The zero-order valence-electron chi connectivity index (χ0n) is 10.6.